The molecule has 0 aromatic heterocycles. The van der Waals surface area contributed by atoms with Gasteiger partial charge in [-0.25, -0.2) is 0 Å². The zero-order valence-corrected chi connectivity index (χ0v) is 19.7. The number of unbranched alkanes of at least 4 members (excludes halogenated alkanes) is 2. The SMILES string of the molecule is CCCCCN1CC=C[C@]23O[C@@H]4/C=C\CCCCOC(=O)[C@@H]4[C@H]2C(=O)N([C@H](C)CO)C3C1=O. The average molecular weight is 461 g/mol. The molecule has 6 atom stereocenters. The van der Waals surface area contributed by atoms with E-state index in [0.29, 0.717) is 19.7 Å². The van der Waals surface area contributed by atoms with Gasteiger partial charge in [0.15, 0.2) is 0 Å². The summed E-state index contributed by atoms with van der Waals surface area (Å²) in [4.78, 5) is 44.1. The minimum absolute atomic E-state index is 0.187. The van der Waals surface area contributed by atoms with Gasteiger partial charge in [-0.15, -0.1) is 0 Å². The number of aliphatic hydroxyl groups is 1. The summed E-state index contributed by atoms with van der Waals surface area (Å²) in [5.41, 5.74) is -1.26. The minimum Gasteiger partial charge on any atom is -0.465 e. The van der Waals surface area contributed by atoms with E-state index in [1.165, 1.54) is 4.90 Å². The summed E-state index contributed by atoms with van der Waals surface area (Å²) >= 11 is 0. The maximum atomic E-state index is 13.9. The number of aliphatic hydroxyl groups excluding tert-OH is 1. The number of amides is 2. The van der Waals surface area contributed by atoms with Crippen molar-refractivity contribution in [1.82, 2.24) is 9.80 Å². The normalized spacial score (nSPS) is 36.0. The molecule has 0 saturated carbocycles. The number of fused-ring (bicyclic) bond motifs is 2. The summed E-state index contributed by atoms with van der Waals surface area (Å²) < 4.78 is 12.1. The van der Waals surface area contributed by atoms with Gasteiger partial charge in [0.2, 0.25) is 11.8 Å². The summed E-state index contributed by atoms with van der Waals surface area (Å²) in [7, 11) is 0. The predicted octanol–water partition coefficient (Wildman–Crippen LogP) is 1.82. The Balaban J connectivity index is 1.76. The number of hydrogen-bond donors (Lipinski definition) is 1. The van der Waals surface area contributed by atoms with Gasteiger partial charge in [-0.05, 0) is 32.6 Å². The van der Waals surface area contributed by atoms with Crippen LogP contribution in [0.3, 0.4) is 0 Å². The highest BCUT2D eigenvalue weighted by Crippen LogP contribution is 2.53. The van der Waals surface area contributed by atoms with Crippen molar-refractivity contribution in [3.05, 3.63) is 24.3 Å². The van der Waals surface area contributed by atoms with E-state index in [-0.39, 0.29) is 18.4 Å². The Morgan fingerprint density at radius 2 is 2.00 bits per heavy atom. The summed E-state index contributed by atoms with van der Waals surface area (Å²) in [6.07, 6.45) is 12.4. The van der Waals surface area contributed by atoms with Gasteiger partial charge in [0.25, 0.3) is 0 Å². The van der Waals surface area contributed by atoms with Crippen molar-refractivity contribution in [3.63, 3.8) is 0 Å². The molecule has 0 bridgehead atoms. The molecule has 4 heterocycles. The number of cyclic esters (lactones) is 1. The molecule has 0 radical (unpaired) electrons. The van der Waals surface area contributed by atoms with Crippen LogP contribution in [-0.4, -0.2) is 82.8 Å². The largest absolute Gasteiger partial charge is 0.465 e. The summed E-state index contributed by atoms with van der Waals surface area (Å²) in [5, 5.41) is 9.91. The van der Waals surface area contributed by atoms with E-state index >= 15 is 0 Å². The third kappa shape index (κ3) is 4.12. The molecule has 4 rings (SSSR count). The second-order valence-electron chi connectivity index (χ2n) is 9.60. The highest BCUT2D eigenvalue weighted by molar-refractivity contribution is 5.99. The topological polar surface area (TPSA) is 96.4 Å². The lowest BCUT2D eigenvalue weighted by molar-refractivity contribution is -0.156. The van der Waals surface area contributed by atoms with Crippen molar-refractivity contribution in [2.45, 2.75) is 76.2 Å². The van der Waals surface area contributed by atoms with Crippen LogP contribution in [0.15, 0.2) is 24.3 Å². The van der Waals surface area contributed by atoms with Gasteiger partial charge in [-0.1, -0.05) is 44.1 Å². The van der Waals surface area contributed by atoms with Gasteiger partial charge in [0, 0.05) is 13.1 Å². The number of likely N-dealkylation sites (tertiary alicyclic amines) is 1. The van der Waals surface area contributed by atoms with E-state index in [1.54, 1.807) is 11.8 Å². The highest BCUT2D eigenvalue weighted by Gasteiger charge is 2.72. The molecule has 1 spiro atoms. The molecule has 8 heteroatoms. The zero-order chi connectivity index (χ0) is 23.6. The third-order valence-electron chi connectivity index (χ3n) is 7.39. The molecule has 0 aliphatic carbocycles. The molecule has 0 aromatic carbocycles. The number of nitrogens with zero attached hydrogens (tertiary/aromatic N) is 2. The van der Waals surface area contributed by atoms with Crippen molar-refractivity contribution >= 4 is 17.8 Å². The number of hydrogen-bond acceptors (Lipinski definition) is 6. The lowest BCUT2D eigenvalue weighted by atomic mass is 9.78. The molecule has 1 unspecified atom stereocenters. The van der Waals surface area contributed by atoms with Crippen molar-refractivity contribution in [2.75, 3.05) is 26.3 Å². The highest BCUT2D eigenvalue weighted by atomic mass is 16.6. The van der Waals surface area contributed by atoms with E-state index in [0.717, 1.165) is 38.5 Å². The van der Waals surface area contributed by atoms with Crippen LogP contribution < -0.4 is 0 Å². The maximum Gasteiger partial charge on any atom is 0.312 e. The van der Waals surface area contributed by atoms with Gasteiger partial charge in [-0.2, -0.15) is 0 Å². The molecule has 8 nitrogen and oxygen atoms in total. The molecule has 2 amide bonds. The van der Waals surface area contributed by atoms with Crippen LogP contribution in [0.1, 0.15) is 52.4 Å². The molecule has 0 aromatic rings. The monoisotopic (exact) mass is 460 g/mol. The van der Waals surface area contributed by atoms with E-state index in [1.807, 2.05) is 24.3 Å². The lowest BCUT2D eigenvalue weighted by Gasteiger charge is -2.37. The first-order valence-electron chi connectivity index (χ1n) is 12.4. The molecule has 4 aliphatic heterocycles. The van der Waals surface area contributed by atoms with E-state index < -0.39 is 41.6 Å². The first-order valence-corrected chi connectivity index (χ1v) is 12.4. The van der Waals surface area contributed by atoms with Gasteiger partial charge in [0.05, 0.1) is 31.3 Å². The third-order valence-corrected chi connectivity index (χ3v) is 7.39. The number of carbonyl (C=O) groups is 3. The smallest absolute Gasteiger partial charge is 0.312 e. The quantitative estimate of drug-likeness (QED) is 0.369. The minimum atomic E-state index is -1.26. The fourth-order valence-corrected chi connectivity index (χ4v) is 5.72. The van der Waals surface area contributed by atoms with E-state index in [2.05, 4.69) is 6.92 Å². The molecule has 2 fully saturated rings. The van der Waals surface area contributed by atoms with Crippen LogP contribution in [0.2, 0.25) is 0 Å². The van der Waals surface area contributed by atoms with Gasteiger partial charge in [0.1, 0.15) is 17.6 Å². The number of carbonyl (C=O) groups excluding carboxylic acids is 3. The number of rotatable bonds is 6. The van der Waals surface area contributed by atoms with E-state index in [9.17, 15) is 19.5 Å². The lowest BCUT2D eigenvalue weighted by Crippen LogP contribution is -2.57. The second kappa shape index (κ2) is 9.97. The zero-order valence-electron chi connectivity index (χ0n) is 19.7. The molecule has 33 heavy (non-hydrogen) atoms. The van der Waals surface area contributed by atoms with Gasteiger partial charge < -0.3 is 24.4 Å². The van der Waals surface area contributed by atoms with Crippen LogP contribution in [0.25, 0.3) is 0 Å². The Hall–Kier alpha value is -2.19. The fraction of sp³-hybridized carbons (Fsp3) is 0.720. The second-order valence-corrected chi connectivity index (χ2v) is 9.60. The molecule has 182 valence electrons. The van der Waals surface area contributed by atoms with E-state index in [4.69, 9.17) is 9.47 Å². The average Bonchev–Trinajstić information content (AvgIpc) is 3.20. The fourth-order valence-electron chi connectivity index (χ4n) is 5.72. The molecule has 1 N–H and O–H groups in total. The van der Waals surface area contributed by atoms with Crippen LogP contribution in [0.5, 0.6) is 0 Å². The Morgan fingerprint density at radius 3 is 2.76 bits per heavy atom. The van der Waals surface area contributed by atoms with Crippen molar-refractivity contribution < 1.29 is 29.0 Å². The van der Waals surface area contributed by atoms with Gasteiger partial charge >= 0.3 is 5.97 Å². The van der Waals surface area contributed by atoms with Crippen LogP contribution >= 0.6 is 0 Å². The Labute approximate surface area is 195 Å². The van der Waals surface area contributed by atoms with Crippen molar-refractivity contribution in [2.24, 2.45) is 11.8 Å². The molecule has 4 aliphatic rings. The predicted molar refractivity (Wildman–Crippen MR) is 121 cm³/mol. The van der Waals surface area contributed by atoms with Gasteiger partial charge in [-0.3, -0.25) is 14.4 Å². The summed E-state index contributed by atoms with van der Waals surface area (Å²) in [6.45, 7) is 4.89. The first-order chi connectivity index (χ1) is 16.0. The standard InChI is InChI=1S/C25H36N2O6/c1-3-4-8-13-26-14-10-12-25-20(22(29)27(17(2)16-28)21(25)23(26)30)19-18(33-25)11-7-5-6-9-15-32-24(19)31/h7,10-12,17-21,28H,3-6,8-9,13-16H2,1-2H3/b11-7-/t17-,18-,19+,20+,21?,25+/m1/s1. The summed E-state index contributed by atoms with van der Waals surface area (Å²) in [6, 6.07) is -1.50. The number of ether oxygens (including phenoxy) is 2. The van der Waals surface area contributed by atoms with Crippen molar-refractivity contribution in [3.8, 4) is 0 Å². The Bertz CT molecular complexity index is 826. The molecular weight excluding hydrogens is 424 g/mol. The van der Waals surface area contributed by atoms with Crippen LogP contribution in [0, 0.1) is 11.8 Å². The molecular formula is C25H36N2O6. The van der Waals surface area contributed by atoms with Crippen LogP contribution in [0.4, 0.5) is 0 Å². The Kier molecular flexibility index (Phi) is 7.24. The maximum absolute atomic E-state index is 13.9. The Morgan fingerprint density at radius 1 is 1.18 bits per heavy atom. The molecule has 2 saturated heterocycles. The number of allylic oxidation sites excluding steroid dienone is 1. The first kappa shape index (κ1) is 24.0. The van der Waals surface area contributed by atoms with Crippen LogP contribution in [-0.2, 0) is 23.9 Å². The number of esters is 1. The van der Waals surface area contributed by atoms with Crippen molar-refractivity contribution in [1.29, 1.82) is 0 Å². The summed E-state index contributed by atoms with van der Waals surface area (Å²) in [5.74, 6) is -2.66.